The van der Waals surface area contributed by atoms with Crippen LogP contribution in [0.2, 0.25) is 0 Å². The Morgan fingerprint density at radius 1 is 0.279 bits per heavy atom. The van der Waals surface area contributed by atoms with Gasteiger partial charge in [0.1, 0.15) is 0 Å². The Kier molecular flexibility index (Phi) is 8.51. The number of nitrogens with zero attached hydrogens (tertiary/aromatic N) is 6. The number of para-hydroxylation sites is 3. The number of hydrogen-bond donors (Lipinski definition) is 3. The van der Waals surface area contributed by atoms with Crippen molar-refractivity contribution in [2.24, 2.45) is 15.0 Å². The lowest BCUT2D eigenvalue weighted by Crippen LogP contribution is -2.43. The number of nitrogens with one attached hydrogen (secondary N) is 3. The number of hydrogen-bond acceptors (Lipinski definition) is 9. The van der Waals surface area contributed by atoms with Gasteiger partial charge in [0.15, 0.2) is 17.5 Å². The molecule has 15 rings (SSSR count). The molecular formula is C59H41N9. The fourth-order valence-corrected chi connectivity index (χ4v) is 10.6. The van der Waals surface area contributed by atoms with E-state index >= 15 is 0 Å². The number of amidine groups is 3. The highest BCUT2D eigenvalue weighted by atomic mass is 15.6. The largest absolute Gasteiger partial charge is 0.276 e. The monoisotopic (exact) mass is 875 g/mol. The molecule has 9 heteroatoms. The molecule has 9 nitrogen and oxygen atoms in total. The molecule has 3 N–H and O–H groups in total. The maximum absolute atomic E-state index is 5.40. The molecule has 0 aromatic heterocycles. The molecule has 0 saturated heterocycles. The third kappa shape index (κ3) is 6.06. The first kappa shape index (κ1) is 38.1. The Morgan fingerprint density at radius 2 is 0.515 bits per heavy atom. The first-order valence-electron chi connectivity index (χ1n) is 23.0. The molecule has 0 unspecified atom stereocenters. The molecule has 6 aliphatic rings. The Balaban J connectivity index is 1.02. The first-order valence-corrected chi connectivity index (χ1v) is 23.0. The van der Waals surface area contributed by atoms with Crippen molar-refractivity contribution in [3.63, 3.8) is 0 Å². The summed E-state index contributed by atoms with van der Waals surface area (Å²) >= 11 is 0. The van der Waals surface area contributed by atoms with Crippen molar-refractivity contribution >= 4 is 68.7 Å². The van der Waals surface area contributed by atoms with Gasteiger partial charge in [-0.3, -0.25) is 31.3 Å². The van der Waals surface area contributed by atoms with E-state index in [2.05, 4.69) is 231 Å². The van der Waals surface area contributed by atoms with Gasteiger partial charge < -0.3 is 0 Å². The van der Waals surface area contributed by atoms with E-state index in [4.69, 9.17) is 15.0 Å². The molecule has 2 bridgehead atoms. The molecule has 0 atom stereocenters. The van der Waals surface area contributed by atoms with Gasteiger partial charge in [0.2, 0.25) is 0 Å². The summed E-state index contributed by atoms with van der Waals surface area (Å²) in [6.45, 7) is 0. The summed E-state index contributed by atoms with van der Waals surface area (Å²) in [4.78, 5) is 16.2. The van der Waals surface area contributed by atoms with Crippen LogP contribution in [0.25, 0.3) is 0 Å². The number of fused-ring (bicyclic) bond motifs is 3. The van der Waals surface area contributed by atoms with Crippen LogP contribution in [0.4, 0.5) is 51.2 Å². The van der Waals surface area contributed by atoms with Crippen molar-refractivity contribution in [1.29, 1.82) is 0 Å². The number of benzene rings is 9. The first-order chi connectivity index (χ1) is 33.7. The second kappa shape index (κ2) is 15.2. The smallest absolute Gasteiger partial charge is 0.152 e. The standard InChI is InChI=1S/C59H41N9/c1-7-19-37(20-8-1)57-60-49-31-43-46(34-52(49)66(63-57)40-25-13-4-14-26-40)56-47-35-53-50(61-58(38-21-9-2-10-22-38)64-67(53)41-27-15-5-16-28-41)32-44(47)55(43)45-33-51-54(36-48(45)56)68(42-29-17-6-18-30-42)65-59(62-51)39-23-11-3-12-24-39/h1-36,55-56H,(H,60,63)(H,61,64)(H,62,65). The highest BCUT2D eigenvalue weighted by Gasteiger charge is 2.45. The number of rotatable bonds is 6. The van der Waals surface area contributed by atoms with Gasteiger partial charge in [0, 0.05) is 28.5 Å². The van der Waals surface area contributed by atoms with Crippen molar-refractivity contribution in [3.05, 3.63) is 268 Å². The van der Waals surface area contributed by atoms with Gasteiger partial charge in [0.25, 0.3) is 0 Å². The number of aliphatic imine (C=N–C) groups is 3. The summed E-state index contributed by atoms with van der Waals surface area (Å²) in [6.07, 6.45) is 0. The van der Waals surface area contributed by atoms with Crippen LogP contribution in [0.3, 0.4) is 0 Å². The number of anilines is 6. The van der Waals surface area contributed by atoms with Gasteiger partial charge >= 0.3 is 0 Å². The normalized spacial score (nSPS) is 16.8. The molecule has 0 saturated carbocycles. The van der Waals surface area contributed by atoms with Gasteiger partial charge in [-0.25, -0.2) is 15.0 Å². The third-order valence-electron chi connectivity index (χ3n) is 13.7. The molecule has 322 valence electrons. The van der Waals surface area contributed by atoms with Gasteiger partial charge in [-0.2, -0.15) is 0 Å². The van der Waals surface area contributed by atoms with E-state index < -0.39 is 0 Å². The molecule has 9 aromatic rings. The van der Waals surface area contributed by atoms with Crippen LogP contribution in [0.1, 0.15) is 61.9 Å². The lowest BCUT2D eigenvalue weighted by Gasteiger charge is -2.45. The molecular weight excluding hydrogens is 835 g/mol. The Labute approximate surface area is 393 Å². The lowest BCUT2D eigenvalue weighted by atomic mass is 9.60. The van der Waals surface area contributed by atoms with E-state index in [1.54, 1.807) is 0 Å². The van der Waals surface area contributed by atoms with Crippen molar-refractivity contribution in [2.75, 3.05) is 15.0 Å². The van der Waals surface area contributed by atoms with Gasteiger partial charge in [-0.15, -0.1) is 0 Å². The minimum atomic E-state index is -0.137. The van der Waals surface area contributed by atoms with Gasteiger partial charge in [-0.05, 0) is 106 Å². The summed E-state index contributed by atoms with van der Waals surface area (Å²) in [5.74, 6) is 2.10. The molecule has 0 spiro atoms. The predicted octanol–water partition coefficient (Wildman–Crippen LogP) is 12.9. The van der Waals surface area contributed by atoms with Gasteiger partial charge in [0.05, 0.1) is 51.2 Å². The second-order valence-corrected chi connectivity index (χ2v) is 17.6. The fraction of sp³-hybridized carbons (Fsp3) is 0.0339. The van der Waals surface area contributed by atoms with Crippen molar-refractivity contribution in [3.8, 4) is 0 Å². The van der Waals surface area contributed by atoms with Crippen LogP contribution >= 0.6 is 0 Å². The van der Waals surface area contributed by atoms with Crippen LogP contribution in [-0.4, -0.2) is 17.5 Å². The average Bonchev–Trinajstić information content (AvgIpc) is 3.41. The van der Waals surface area contributed by atoms with Crippen molar-refractivity contribution in [1.82, 2.24) is 16.3 Å². The van der Waals surface area contributed by atoms with Crippen molar-refractivity contribution in [2.45, 2.75) is 11.8 Å². The minimum absolute atomic E-state index is 0.132. The lowest BCUT2D eigenvalue weighted by molar-refractivity contribution is 0.748. The zero-order valence-electron chi connectivity index (χ0n) is 36.6. The Hall–Kier alpha value is -9.21. The summed E-state index contributed by atoms with van der Waals surface area (Å²) in [5, 5.41) is 6.57. The van der Waals surface area contributed by atoms with Crippen LogP contribution < -0.4 is 31.3 Å². The molecule has 3 aliphatic carbocycles. The molecule has 0 amide bonds. The topological polar surface area (TPSA) is 82.9 Å². The highest BCUT2D eigenvalue weighted by molar-refractivity contribution is 6.08. The minimum Gasteiger partial charge on any atom is -0.276 e. The van der Waals surface area contributed by atoms with E-state index in [0.29, 0.717) is 0 Å². The van der Waals surface area contributed by atoms with E-state index in [1.807, 2.05) is 18.2 Å². The van der Waals surface area contributed by atoms with E-state index in [1.165, 1.54) is 33.4 Å². The summed E-state index contributed by atoms with van der Waals surface area (Å²) in [6, 6.07) is 76.8. The second-order valence-electron chi connectivity index (χ2n) is 17.6. The van der Waals surface area contributed by atoms with E-state index in [-0.39, 0.29) is 11.8 Å². The molecule has 3 heterocycles. The Morgan fingerprint density at radius 3 is 0.779 bits per heavy atom. The van der Waals surface area contributed by atoms with Crippen LogP contribution in [0.15, 0.2) is 233 Å². The van der Waals surface area contributed by atoms with E-state index in [0.717, 1.165) is 85.4 Å². The molecule has 0 fully saturated rings. The van der Waals surface area contributed by atoms with Crippen molar-refractivity contribution < 1.29 is 0 Å². The Bertz CT molecular complexity index is 3170. The van der Waals surface area contributed by atoms with Crippen LogP contribution in [-0.2, 0) is 0 Å². The quantitative estimate of drug-likeness (QED) is 0.154. The average molecular weight is 876 g/mol. The zero-order chi connectivity index (χ0) is 44.7. The van der Waals surface area contributed by atoms with E-state index in [9.17, 15) is 0 Å². The maximum Gasteiger partial charge on any atom is 0.152 e. The number of hydrazine groups is 3. The van der Waals surface area contributed by atoms with Gasteiger partial charge in [-0.1, -0.05) is 146 Å². The third-order valence-corrected chi connectivity index (χ3v) is 13.7. The molecule has 3 aliphatic heterocycles. The SMILES string of the molecule is c1ccc(C2=Nc3cc4c(cc3N(c3ccccc3)N2)C2c3cc5c(cc3C4c3cc4c(cc32)N(c2ccccc2)NC(c2ccccc2)=N4)N=C(c2ccccc2)NN5c2ccccc2)cc1. The summed E-state index contributed by atoms with van der Waals surface area (Å²) in [5.41, 5.74) is 30.4. The predicted molar refractivity (Wildman–Crippen MR) is 274 cm³/mol. The summed E-state index contributed by atoms with van der Waals surface area (Å²) in [7, 11) is 0. The maximum atomic E-state index is 5.40. The highest BCUT2D eigenvalue weighted by Crippen LogP contribution is 2.61. The molecule has 0 radical (unpaired) electrons. The summed E-state index contributed by atoms with van der Waals surface area (Å²) < 4.78 is 0. The van der Waals surface area contributed by atoms with Crippen LogP contribution in [0.5, 0.6) is 0 Å². The zero-order valence-corrected chi connectivity index (χ0v) is 36.6. The van der Waals surface area contributed by atoms with Crippen LogP contribution in [0, 0.1) is 0 Å². The molecule has 9 aromatic carbocycles. The fourth-order valence-electron chi connectivity index (χ4n) is 10.6. The molecule has 68 heavy (non-hydrogen) atoms.